The van der Waals surface area contributed by atoms with Crippen molar-refractivity contribution in [3.63, 3.8) is 0 Å². The SMILES string of the molecule is Cn1ccnc1CN1CCC2(CC1)CCN(Cc1cccnc1)C2=O. The molecule has 0 aliphatic carbocycles. The average molecular weight is 339 g/mol. The van der Waals surface area contributed by atoms with Crippen molar-refractivity contribution >= 4 is 5.91 Å². The Balaban J connectivity index is 1.36. The zero-order chi connectivity index (χ0) is 17.3. The highest BCUT2D eigenvalue weighted by molar-refractivity contribution is 5.85. The van der Waals surface area contributed by atoms with Gasteiger partial charge in [-0.3, -0.25) is 14.7 Å². The first kappa shape index (κ1) is 16.3. The maximum absolute atomic E-state index is 13.0. The molecule has 1 amide bonds. The van der Waals surface area contributed by atoms with Gasteiger partial charge in [0.15, 0.2) is 0 Å². The molecular formula is C19H25N5O. The molecule has 132 valence electrons. The molecule has 2 aromatic rings. The minimum absolute atomic E-state index is 0.139. The van der Waals surface area contributed by atoms with E-state index in [1.54, 1.807) is 6.20 Å². The van der Waals surface area contributed by atoms with Crippen LogP contribution < -0.4 is 0 Å². The minimum atomic E-state index is -0.139. The van der Waals surface area contributed by atoms with Gasteiger partial charge in [-0.05, 0) is 44.0 Å². The summed E-state index contributed by atoms with van der Waals surface area (Å²) in [5.74, 6) is 1.43. The third-order valence-electron chi connectivity index (χ3n) is 5.80. The summed E-state index contributed by atoms with van der Waals surface area (Å²) in [7, 11) is 2.03. The van der Waals surface area contributed by atoms with E-state index in [2.05, 4.69) is 19.4 Å². The number of hydrogen-bond acceptors (Lipinski definition) is 4. The van der Waals surface area contributed by atoms with Gasteiger partial charge in [0.2, 0.25) is 5.91 Å². The number of likely N-dealkylation sites (tertiary alicyclic amines) is 2. The third kappa shape index (κ3) is 3.18. The molecule has 2 aliphatic heterocycles. The molecule has 4 heterocycles. The highest BCUT2D eigenvalue weighted by Crippen LogP contribution is 2.42. The molecule has 2 aliphatic rings. The lowest BCUT2D eigenvalue weighted by atomic mass is 9.77. The number of pyridine rings is 1. The van der Waals surface area contributed by atoms with Crippen molar-refractivity contribution in [1.29, 1.82) is 0 Å². The van der Waals surface area contributed by atoms with Crippen molar-refractivity contribution in [3.05, 3.63) is 48.3 Å². The normalized spacial score (nSPS) is 20.5. The van der Waals surface area contributed by atoms with Crippen LogP contribution in [0.15, 0.2) is 36.9 Å². The van der Waals surface area contributed by atoms with Crippen LogP contribution in [0.5, 0.6) is 0 Å². The first-order valence-electron chi connectivity index (χ1n) is 9.03. The smallest absolute Gasteiger partial charge is 0.229 e. The summed E-state index contributed by atoms with van der Waals surface area (Å²) in [4.78, 5) is 26.0. The van der Waals surface area contributed by atoms with Crippen LogP contribution in [0.2, 0.25) is 0 Å². The van der Waals surface area contributed by atoms with E-state index in [0.717, 1.165) is 56.8 Å². The molecule has 2 fully saturated rings. The summed E-state index contributed by atoms with van der Waals surface area (Å²) >= 11 is 0. The molecule has 0 radical (unpaired) electrons. The number of aromatic nitrogens is 3. The van der Waals surface area contributed by atoms with E-state index in [0.29, 0.717) is 12.5 Å². The van der Waals surface area contributed by atoms with Gasteiger partial charge >= 0.3 is 0 Å². The standard InChI is InChI=1S/C19H25N5O/c1-22-12-8-21-17(22)15-23-9-4-19(5-10-23)6-11-24(18(19)25)14-16-3-2-7-20-13-16/h2-3,7-8,12-13H,4-6,9-11,14-15H2,1H3. The topological polar surface area (TPSA) is 54.3 Å². The highest BCUT2D eigenvalue weighted by Gasteiger charge is 2.47. The Morgan fingerprint density at radius 3 is 2.60 bits per heavy atom. The summed E-state index contributed by atoms with van der Waals surface area (Å²) < 4.78 is 2.07. The molecular weight excluding hydrogens is 314 g/mol. The number of carbonyl (C=O) groups is 1. The van der Waals surface area contributed by atoms with Crippen LogP contribution in [0.1, 0.15) is 30.7 Å². The van der Waals surface area contributed by atoms with E-state index >= 15 is 0 Å². The van der Waals surface area contributed by atoms with Crippen LogP contribution in [-0.4, -0.2) is 49.9 Å². The van der Waals surface area contributed by atoms with Gasteiger partial charge in [0.25, 0.3) is 0 Å². The molecule has 2 aromatic heterocycles. The molecule has 6 nitrogen and oxygen atoms in total. The molecule has 0 saturated carbocycles. The molecule has 4 rings (SSSR count). The lowest BCUT2D eigenvalue weighted by Crippen LogP contribution is -2.44. The Hall–Kier alpha value is -2.21. The number of piperidine rings is 1. The van der Waals surface area contributed by atoms with Crippen molar-refractivity contribution in [3.8, 4) is 0 Å². The molecule has 6 heteroatoms. The van der Waals surface area contributed by atoms with E-state index < -0.39 is 0 Å². The van der Waals surface area contributed by atoms with Crippen LogP contribution in [0, 0.1) is 5.41 Å². The lowest BCUT2D eigenvalue weighted by Gasteiger charge is -2.37. The summed E-state index contributed by atoms with van der Waals surface area (Å²) in [5.41, 5.74) is 0.973. The Morgan fingerprint density at radius 1 is 1.12 bits per heavy atom. The molecule has 25 heavy (non-hydrogen) atoms. The number of hydrogen-bond donors (Lipinski definition) is 0. The number of amides is 1. The molecule has 0 unspecified atom stereocenters. The minimum Gasteiger partial charge on any atom is -0.338 e. The van der Waals surface area contributed by atoms with E-state index in [4.69, 9.17) is 0 Å². The Bertz CT molecular complexity index is 733. The highest BCUT2D eigenvalue weighted by atomic mass is 16.2. The van der Waals surface area contributed by atoms with Crippen molar-refractivity contribution in [2.24, 2.45) is 12.5 Å². The summed E-state index contributed by atoms with van der Waals surface area (Å²) in [5, 5.41) is 0. The second-order valence-electron chi connectivity index (χ2n) is 7.35. The van der Waals surface area contributed by atoms with Crippen LogP contribution in [0.25, 0.3) is 0 Å². The number of rotatable bonds is 4. The Labute approximate surface area is 148 Å². The van der Waals surface area contributed by atoms with Gasteiger partial charge in [-0.15, -0.1) is 0 Å². The van der Waals surface area contributed by atoms with Crippen LogP contribution in [0.4, 0.5) is 0 Å². The second-order valence-corrected chi connectivity index (χ2v) is 7.35. The second kappa shape index (κ2) is 6.59. The van der Waals surface area contributed by atoms with Crippen molar-refractivity contribution in [1.82, 2.24) is 24.3 Å². The largest absolute Gasteiger partial charge is 0.338 e. The first-order chi connectivity index (χ1) is 12.2. The predicted molar refractivity (Wildman–Crippen MR) is 94.4 cm³/mol. The quantitative estimate of drug-likeness (QED) is 0.853. The van der Waals surface area contributed by atoms with E-state index in [9.17, 15) is 4.79 Å². The van der Waals surface area contributed by atoms with Crippen LogP contribution in [0.3, 0.4) is 0 Å². The van der Waals surface area contributed by atoms with E-state index in [-0.39, 0.29) is 5.41 Å². The zero-order valence-electron chi connectivity index (χ0n) is 14.8. The van der Waals surface area contributed by atoms with Gasteiger partial charge in [0.05, 0.1) is 12.0 Å². The van der Waals surface area contributed by atoms with E-state index in [1.165, 1.54) is 0 Å². The van der Waals surface area contributed by atoms with Gasteiger partial charge in [0.1, 0.15) is 5.82 Å². The van der Waals surface area contributed by atoms with Crippen molar-refractivity contribution < 1.29 is 4.79 Å². The zero-order valence-corrected chi connectivity index (χ0v) is 14.8. The molecule has 2 saturated heterocycles. The Kier molecular flexibility index (Phi) is 4.29. The predicted octanol–water partition coefficient (Wildman–Crippen LogP) is 1.83. The van der Waals surface area contributed by atoms with Gasteiger partial charge in [-0.2, -0.15) is 0 Å². The van der Waals surface area contributed by atoms with Gasteiger partial charge < -0.3 is 9.47 Å². The molecule has 0 atom stereocenters. The maximum atomic E-state index is 13.0. The fourth-order valence-corrected chi connectivity index (χ4v) is 4.11. The summed E-state index contributed by atoms with van der Waals surface area (Å²) in [6.45, 7) is 4.37. The van der Waals surface area contributed by atoms with Gasteiger partial charge in [-0.25, -0.2) is 4.98 Å². The lowest BCUT2D eigenvalue weighted by molar-refractivity contribution is -0.139. The van der Waals surface area contributed by atoms with Crippen molar-refractivity contribution in [2.45, 2.75) is 32.4 Å². The van der Waals surface area contributed by atoms with Crippen molar-refractivity contribution in [2.75, 3.05) is 19.6 Å². The summed E-state index contributed by atoms with van der Waals surface area (Å²) in [6, 6.07) is 3.97. The monoisotopic (exact) mass is 339 g/mol. The molecule has 0 N–H and O–H groups in total. The van der Waals surface area contributed by atoms with E-state index in [1.807, 2.05) is 42.7 Å². The van der Waals surface area contributed by atoms with Gasteiger partial charge in [-0.1, -0.05) is 6.07 Å². The first-order valence-corrected chi connectivity index (χ1v) is 9.03. The number of imidazole rings is 1. The maximum Gasteiger partial charge on any atom is 0.229 e. The number of nitrogens with zero attached hydrogens (tertiary/aromatic N) is 5. The molecule has 1 spiro atoms. The fourth-order valence-electron chi connectivity index (χ4n) is 4.11. The van der Waals surface area contributed by atoms with Crippen LogP contribution in [-0.2, 0) is 24.9 Å². The number of aryl methyl sites for hydroxylation is 1. The van der Waals surface area contributed by atoms with Crippen LogP contribution >= 0.6 is 0 Å². The Morgan fingerprint density at radius 2 is 1.92 bits per heavy atom. The summed E-state index contributed by atoms with van der Waals surface area (Å²) in [6.07, 6.45) is 10.4. The van der Waals surface area contributed by atoms with Gasteiger partial charge in [0, 0.05) is 44.9 Å². The fraction of sp³-hybridized carbons (Fsp3) is 0.526. The number of carbonyl (C=O) groups excluding carboxylic acids is 1. The molecule has 0 aromatic carbocycles. The molecule has 0 bridgehead atoms. The third-order valence-corrected chi connectivity index (χ3v) is 5.80. The average Bonchev–Trinajstić information content (AvgIpc) is 3.17.